The molecule has 0 spiro atoms. The van der Waals surface area contributed by atoms with Gasteiger partial charge in [-0.2, -0.15) is 4.31 Å². The minimum absolute atomic E-state index is 0.445. The van der Waals surface area contributed by atoms with Gasteiger partial charge in [0.25, 0.3) is 0 Å². The molecule has 1 saturated heterocycles. The Balaban J connectivity index is 1.79. The number of sulfonamides is 1. The zero-order valence-electron chi connectivity index (χ0n) is 16.3. The van der Waals surface area contributed by atoms with Gasteiger partial charge in [-0.1, -0.05) is 12.1 Å². The summed E-state index contributed by atoms with van der Waals surface area (Å²) >= 11 is 0. The fourth-order valence-corrected chi connectivity index (χ4v) is 5.16. The summed E-state index contributed by atoms with van der Waals surface area (Å²) in [7, 11) is -3.45. The number of rotatable bonds is 3. The molecule has 2 aromatic carbocycles. The molecule has 1 aliphatic rings. The van der Waals surface area contributed by atoms with E-state index in [4.69, 9.17) is 0 Å². The van der Waals surface area contributed by atoms with E-state index in [0.29, 0.717) is 31.1 Å². The quantitative estimate of drug-likeness (QED) is 0.824. The second-order valence-electron chi connectivity index (χ2n) is 7.29. The standard InChI is InChI=1S/C21H28N2O2S/c1-15-6-8-20(14-17(15)3)22-10-12-23(13-11-22)26(24,25)21-9-7-16(2)18(4)19(21)5/h6-9,14H,10-13H2,1-5H3. The Morgan fingerprint density at radius 2 is 1.35 bits per heavy atom. The van der Waals surface area contributed by atoms with Gasteiger partial charge >= 0.3 is 0 Å². The molecule has 1 aliphatic heterocycles. The molecular formula is C21H28N2O2S. The maximum absolute atomic E-state index is 13.1. The van der Waals surface area contributed by atoms with Crippen molar-refractivity contribution in [3.8, 4) is 0 Å². The summed E-state index contributed by atoms with van der Waals surface area (Å²) in [5.74, 6) is 0. The summed E-state index contributed by atoms with van der Waals surface area (Å²) in [6.07, 6.45) is 0. The summed E-state index contributed by atoms with van der Waals surface area (Å²) in [5, 5.41) is 0. The Hall–Kier alpha value is -1.85. The topological polar surface area (TPSA) is 40.6 Å². The SMILES string of the molecule is Cc1ccc(N2CCN(S(=O)(=O)c3ccc(C)c(C)c3C)CC2)cc1C. The Kier molecular flexibility index (Phi) is 5.13. The Labute approximate surface area is 157 Å². The summed E-state index contributed by atoms with van der Waals surface area (Å²) in [4.78, 5) is 2.71. The molecule has 1 fully saturated rings. The van der Waals surface area contributed by atoms with Gasteiger partial charge in [0.05, 0.1) is 4.90 Å². The monoisotopic (exact) mass is 372 g/mol. The first-order valence-corrected chi connectivity index (χ1v) is 10.5. The lowest BCUT2D eigenvalue weighted by molar-refractivity contribution is 0.384. The fraction of sp³-hybridized carbons (Fsp3) is 0.429. The van der Waals surface area contributed by atoms with Crippen LogP contribution in [0.3, 0.4) is 0 Å². The van der Waals surface area contributed by atoms with E-state index in [1.54, 1.807) is 10.4 Å². The van der Waals surface area contributed by atoms with E-state index in [0.717, 1.165) is 16.7 Å². The van der Waals surface area contributed by atoms with E-state index in [2.05, 4.69) is 36.9 Å². The Morgan fingerprint density at radius 3 is 1.96 bits per heavy atom. The highest BCUT2D eigenvalue weighted by Gasteiger charge is 2.30. The number of benzene rings is 2. The predicted molar refractivity (Wildman–Crippen MR) is 108 cm³/mol. The number of hydrogen-bond donors (Lipinski definition) is 0. The van der Waals surface area contributed by atoms with Crippen molar-refractivity contribution >= 4 is 15.7 Å². The molecule has 26 heavy (non-hydrogen) atoms. The third-order valence-corrected chi connectivity index (χ3v) is 7.76. The van der Waals surface area contributed by atoms with Crippen LogP contribution < -0.4 is 4.90 Å². The number of anilines is 1. The molecule has 0 aliphatic carbocycles. The zero-order valence-corrected chi connectivity index (χ0v) is 17.2. The van der Waals surface area contributed by atoms with Crippen molar-refractivity contribution < 1.29 is 8.42 Å². The van der Waals surface area contributed by atoms with Gasteiger partial charge in [-0.25, -0.2) is 8.42 Å². The molecule has 2 aromatic rings. The lowest BCUT2D eigenvalue weighted by Crippen LogP contribution is -2.48. The highest BCUT2D eigenvalue weighted by molar-refractivity contribution is 7.89. The smallest absolute Gasteiger partial charge is 0.243 e. The van der Waals surface area contributed by atoms with Crippen LogP contribution in [0, 0.1) is 34.6 Å². The van der Waals surface area contributed by atoms with Crippen LogP contribution in [0.1, 0.15) is 27.8 Å². The van der Waals surface area contributed by atoms with Crippen molar-refractivity contribution in [3.05, 3.63) is 58.1 Å². The van der Waals surface area contributed by atoms with Crippen LogP contribution in [0.2, 0.25) is 0 Å². The van der Waals surface area contributed by atoms with Gasteiger partial charge in [0.2, 0.25) is 10.0 Å². The molecule has 0 bridgehead atoms. The molecular weight excluding hydrogens is 344 g/mol. The maximum atomic E-state index is 13.1. The Bertz CT molecular complexity index is 927. The highest BCUT2D eigenvalue weighted by Crippen LogP contribution is 2.27. The molecule has 1 heterocycles. The van der Waals surface area contributed by atoms with Crippen LogP contribution in [0.4, 0.5) is 5.69 Å². The van der Waals surface area contributed by atoms with Crippen LogP contribution in [0.25, 0.3) is 0 Å². The van der Waals surface area contributed by atoms with E-state index in [9.17, 15) is 8.42 Å². The number of piperazine rings is 1. The molecule has 0 saturated carbocycles. The highest BCUT2D eigenvalue weighted by atomic mass is 32.2. The lowest BCUT2D eigenvalue weighted by Gasteiger charge is -2.36. The van der Waals surface area contributed by atoms with Crippen LogP contribution in [-0.4, -0.2) is 38.9 Å². The molecule has 0 N–H and O–H groups in total. The van der Waals surface area contributed by atoms with Gasteiger partial charge in [-0.15, -0.1) is 0 Å². The van der Waals surface area contributed by atoms with E-state index in [-0.39, 0.29) is 0 Å². The summed E-state index contributed by atoms with van der Waals surface area (Å²) < 4.78 is 27.9. The average molecular weight is 373 g/mol. The summed E-state index contributed by atoms with van der Waals surface area (Å²) in [6, 6.07) is 10.1. The first kappa shape index (κ1) is 18.9. The lowest BCUT2D eigenvalue weighted by atomic mass is 10.1. The normalized spacial score (nSPS) is 16.1. The van der Waals surface area contributed by atoms with E-state index >= 15 is 0 Å². The zero-order chi connectivity index (χ0) is 19.1. The second kappa shape index (κ2) is 7.05. The van der Waals surface area contributed by atoms with Crippen molar-refractivity contribution in [2.75, 3.05) is 31.1 Å². The van der Waals surface area contributed by atoms with Crippen LogP contribution >= 0.6 is 0 Å². The number of aryl methyl sites for hydroxylation is 3. The van der Waals surface area contributed by atoms with Crippen LogP contribution in [0.5, 0.6) is 0 Å². The van der Waals surface area contributed by atoms with Crippen molar-refractivity contribution in [2.24, 2.45) is 0 Å². The van der Waals surface area contributed by atoms with Crippen LogP contribution in [0.15, 0.2) is 35.2 Å². The minimum Gasteiger partial charge on any atom is -0.369 e. The molecule has 0 radical (unpaired) electrons. The number of nitrogens with zero attached hydrogens (tertiary/aromatic N) is 2. The van der Waals surface area contributed by atoms with Crippen molar-refractivity contribution in [2.45, 2.75) is 39.5 Å². The molecule has 0 amide bonds. The molecule has 4 nitrogen and oxygen atoms in total. The first-order chi connectivity index (χ1) is 12.2. The fourth-order valence-electron chi connectivity index (χ4n) is 3.46. The van der Waals surface area contributed by atoms with Gasteiger partial charge in [0, 0.05) is 31.9 Å². The third-order valence-electron chi connectivity index (χ3n) is 5.72. The molecule has 5 heteroatoms. The molecule has 140 valence electrons. The van der Waals surface area contributed by atoms with Gasteiger partial charge < -0.3 is 4.90 Å². The first-order valence-electron chi connectivity index (χ1n) is 9.11. The Morgan fingerprint density at radius 1 is 0.731 bits per heavy atom. The van der Waals surface area contributed by atoms with Gasteiger partial charge in [-0.3, -0.25) is 0 Å². The third kappa shape index (κ3) is 3.38. The molecule has 0 atom stereocenters. The van der Waals surface area contributed by atoms with E-state index in [1.807, 2.05) is 26.8 Å². The molecule has 3 rings (SSSR count). The van der Waals surface area contributed by atoms with Crippen LogP contribution in [-0.2, 0) is 10.0 Å². The van der Waals surface area contributed by atoms with Crippen molar-refractivity contribution in [1.29, 1.82) is 0 Å². The largest absolute Gasteiger partial charge is 0.369 e. The van der Waals surface area contributed by atoms with Crippen molar-refractivity contribution in [1.82, 2.24) is 4.31 Å². The van der Waals surface area contributed by atoms with Gasteiger partial charge in [0.15, 0.2) is 0 Å². The summed E-state index contributed by atoms with van der Waals surface area (Å²) in [5.41, 5.74) is 6.76. The maximum Gasteiger partial charge on any atom is 0.243 e. The minimum atomic E-state index is -3.45. The average Bonchev–Trinajstić information content (AvgIpc) is 2.62. The predicted octanol–water partition coefficient (Wildman–Crippen LogP) is 3.74. The molecule has 0 unspecified atom stereocenters. The molecule has 0 aromatic heterocycles. The van der Waals surface area contributed by atoms with Gasteiger partial charge in [-0.05, 0) is 80.6 Å². The van der Waals surface area contributed by atoms with E-state index < -0.39 is 10.0 Å². The van der Waals surface area contributed by atoms with Crippen molar-refractivity contribution in [3.63, 3.8) is 0 Å². The van der Waals surface area contributed by atoms with Gasteiger partial charge in [0.1, 0.15) is 0 Å². The second-order valence-corrected chi connectivity index (χ2v) is 9.20. The number of hydrogen-bond acceptors (Lipinski definition) is 3. The van der Waals surface area contributed by atoms with E-state index in [1.165, 1.54) is 16.8 Å². The summed E-state index contributed by atoms with van der Waals surface area (Å²) in [6.45, 7) is 12.6.